The molecule has 2 aromatic carbocycles. The van der Waals surface area contributed by atoms with E-state index in [-0.39, 0.29) is 5.91 Å². The van der Waals surface area contributed by atoms with E-state index < -0.39 is 0 Å². The zero-order valence-corrected chi connectivity index (χ0v) is 11.5. The first kappa shape index (κ1) is 12.9. The second-order valence-electron chi connectivity index (χ2n) is 5.29. The molecule has 1 aliphatic rings. The summed E-state index contributed by atoms with van der Waals surface area (Å²) < 4.78 is 0. The fourth-order valence-electron chi connectivity index (χ4n) is 2.75. The van der Waals surface area contributed by atoms with Crippen LogP contribution in [0, 0.1) is 0 Å². The SMILES string of the molecule is O=C(CCc1ccccc1)N1CCC1c1ccccc1. The molecule has 102 valence electrons. The summed E-state index contributed by atoms with van der Waals surface area (Å²) in [5.74, 6) is 0.272. The van der Waals surface area contributed by atoms with Crippen molar-refractivity contribution >= 4 is 5.91 Å². The molecule has 2 heteroatoms. The lowest BCUT2D eigenvalue weighted by Crippen LogP contribution is -2.45. The van der Waals surface area contributed by atoms with Crippen LogP contribution in [0.1, 0.15) is 30.0 Å². The molecule has 0 spiro atoms. The Kier molecular flexibility index (Phi) is 3.82. The molecule has 0 aliphatic carbocycles. The van der Waals surface area contributed by atoms with Crippen LogP contribution in [-0.4, -0.2) is 17.4 Å². The van der Waals surface area contributed by atoms with Crippen LogP contribution in [0.4, 0.5) is 0 Å². The largest absolute Gasteiger partial charge is 0.335 e. The highest BCUT2D eigenvalue weighted by Crippen LogP contribution is 2.33. The number of carbonyl (C=O) groups excluding carboxylic acids is 1. The van der Waals surface area contributed by atoms with E-state index in [1.807, 2.05) is 41.3 Å². The summed E-state index contributed by atoms with van der Waals surface area (Å²) in [5.41, 5.74) is 2.49. The van der Waals surface area contributed by atoms with Crippen LogP contribution in [-0.2, 0) is 11.2 Å². The van der Waals surface area contributed by atoms with Gasteiger partial charge in [0.2, 0.25) is 5.91 Å². The van der Waals surface area contributed by atoms with Crippen LogP contribution in [0.2, 0.25) is 0 Å². The summed E-state index contributed by atoms with van der Waals surface area (Å²) in [4.78, 5) is 14.3. The van der Waals surface area contributed by atoms with Gasteiger partial charge in [0.1, 0.15) is 0 Å². The van der Waals surface area contributed by atoms with Crippen LogP contribution >= 0.6 is 0 Å². The van der Waals surface area contributed by atoms with E-state index in [4.69, 9.17) is 0 Å². The second-order valence-corrected chi connectivity index (χ2v) is 5.29. The number of hydrogen-bond donors (Lipinski definition) is 0. The van der Waals surface area contributed by atoms with Gasteiger partial charge < -0.3 is 4.90 Å². The van der Waals surface area contributed by atoms with Gasteiger partial charge in [-0.15, -0.1) is 0 Å². The molecule has 1 amide bonds. The van der Waals surface area contributed by atoms with Crippen molar-refractivity contribution in [1.29, 1.82) is 0 Å². The molecule has 20 heavy (non-hydrogen) atoms. The quantitative estimate of drug-likeness (QED) is 0.827. The third-order valence-corrected chi connectivity index (χ3v) is 3.99. The second kappa shape index (κ2) is 5.91. The third-order valence-electron chi connectivity index (χ3n) is 3.99. The Bertz CT molecular complexity index is 564. The van der Waals surface area contributed by atoms with Gasteiger partial charge in [-0.25, -0.2) is 0 Å². The number of rotatable bonds is 4. The number of aryl methyl sites for hydroxylation is 1. The Morgan fingerprint density at radius 2 is 1.65 bits per heavy atom. The summed E-state index contributed by atoms with van der Waals surface area (Å²) in [6.45, 7) is 0.896. The molecule has 0 saturated carbocycles. The fourth-order valence-corrected chi connectivity index (χ4v) is 2.75. The van der Waals surface area contributed by atoms with E-state index in [1.165, 1.54) is 11.1 Å². The molecule has 1 atom stereocenters. The number of benzene rings is 2. The van der Waals surface area contributed by atoms with Crippen molar-refractivity contribution < 1.29 is 4.79 Å². The van der Waals surface area contributed by atoms with Gasteiger partial charge in [-0.2, -0.15) is 0 Å². The molecule has 1 heterocycles. The minimum Gasteiger partial charge on any atom is -0.335 e. The average Bonchev–Trinajstić information content (AvgIpc) is 2.46. The highest BCUT2D eigenvalue weighted by molar-refractivity contribution is 5.77. The molecule has 3 rings (SSSR count). The Balaban J connectivity index is 1.58. The van der Waals surface area contributed by atoms with E-state index in [2.05, 4.69) is 24.3 Å². The van der Waals surface area contributed by atoms with Crippen molar-refractivity contribution in [2.75, 3.05) is 6.54 Å². The zero-order chi connectivity index (χ0) is 13.8. The van der Waals surface area contributed by atoms with Gasteiger partial charge in [-0.1, -0.05) is 60.7 Å². The van der Waals surface area contributed by atoms with Crippen LogP contribution < -0.4 is 0 Å². The summed E-state index contributed by atoms with van der Waals surface area (Å²) in [6.07, 6.45) is 2.52. The van der Waals surface area contributed by atoms with E-state index in [1.54, 1.807) is 0 Å². The molecule has 0 radical (unpaired) electrons. The maximum Gasteiger partial charge on any atom is 0.223 e. The molecule has 2 nitrogen and oxygen atoms in total. The van der Waals surface area contributed by atoms with E-state index >= 15 is 0 Å². The first-order valence-corrected chi connectivity index (χ1v) is 7.23. The van der Waals surface area contributed by atoms with Crippen molar-refractivity contribution in [3.63, 3.8) is 0 Å². The predicted octanol–water partition coefficient (Wildman–Crippen LogP) is 3.59. The standard InChI is InChI=1S/C18H19NO/c20-18(12-11-15-7-3-1-4-8-15)19-14-13-17(19)16-9-5-2-6-10-16/h1-10,17H,11-14H2. The lowest BCUT2D eigenvalue weighted by Gasteiger charge is -2.41. The van der Waals surface area contributed by atoms with Gasteiger partial charge in [-0.05, 0) is 24.0 Å². The van der Waals surface area contributed by atoms with Crippen LogP contribution in [0.25, 0.3) is 0 Å². The maximum absolute atomic E-state index is 12.3. The third kappa shape index (κ3) is 2.74. The Labute approximate surface area is 120 Å². The van der Waals surface area contributed by atoms with Crippen molar-refractivity contribution in [3.05, 3.63) is 71.8 Å². The monoisotopic (exact) mass is 265 g/mol. The minimum absolute atomic E-state index is 0.272. The molecule has 2 aromatic rings. The highest BCUT2D eigenvalue weighted by atomic mass is 16.2. The molecule has 0 N–H and O–H groups in total. The van der Waals surface area contributed by atoms with Gasteiger partial charge >= 0.3 is 0 Å². The normalized spacial score (nSPS) is 17.6. The number of carbonyl (C=O) groups is 1. The Morgan fingerprint density at radius 3 is 2.25 bits per heavy atom. The fraction of sp³-hybridized carbons (Fsp3) is 0.278. The van der Waals surface area contributed by atoms with Gasteiger partial charge in [-0.3, -0.25) is 4.79 Å². The maximum atomic E-state index is 12.3. The average molecular weight is 265 g/mol. The smallest absolute Gasteiger partial charge is 0.223 e. The summed E-state index contributed by atoms with van der Waals surface area (Å²) in [7, 11) is 0. The van der Waals surface area contributed by atoms with Crippen molar-refractivity contribution in [3.8, 4) is 0 Å². The van der Waals surface area contributed by atoms with Gasteiger partial charge in [0.25, 0.3) is 0 Å². The first-order valence-electron chi connectivity index (χ1n) is 7.23. The molecule has 1 unspecified atom stereocenters. The van der Waals surface area contributed by atoms with Crippen molar-refractivity contribution in [2.45, 2.75) is 25.3 Å². The molecular weight excluding hydrogens is 246 g/mol. The van der Waals surface area contributed by atoms with Gasteiger partial charge in [0, 0.05) is 13.0 Å². The van der Waals surface area contributed by atoms with Crippen LogP contribution in [0.5, 0.6) is 0 Å². The molecule has 0 bridgehead atoms. The molecule has 1 saturated heterocycles. The number of hydrogen-bond acceptors (Lipinski definition) is 1. The highest BCUT2D eigenvalue weighted by Gasteiger charge is 2.32. The van der Waals surface area contributed by atoms with Crippen molar-refractivity contribution in [2.24, 2.45) is 0 Å². The topological polar surface area (TPSA) is 20.3 Å². The number of nitrogens with zero attached hydrogens (tertiary/aromatic N) is 1. The van der Waals surface area contributed by atoms with Gasteiger partial charge in [0.15, 0.2) is 0 Å². The van der Waals surface area contributed by atoms with Crippen molar-refractivity contribution in [1.82, 2.24) is 4.90 Å². The van der Waals surface area contributed by atoms with Gasteiger partial charge in [0.05, 0.1) is 6.04 Å². The molecule has 1 aliphatic heterocycles. The number of amides is 1. The molecule has 1 fully saturated rings. The molecule has 0 aromatic heterocycles. The summed E-state index contributed by atoms with van der Waals surface area (Å²) in [5, 5.41) is 0. The Hall–Kier alpha value is -2.09. The summed E-state index contributed by atoms with van der Waals surface area (Å²) in [6, 6.07) is 20.8. The Morgan fingerprint density at radius 1 is 1.00 bits per heavy atom. The van der Waals surface area contributed by atoms with Crippen LogP contribution in [0.15, 0.2) is 60.7 Å². The lowest BCUT2D eigenvalue weighted by molar-refractivity contribution is -0.139. The molecular formula is C18H19NO. The zero-order valence-electron chi connectivity index (χ0n) is 11.5. The van der Waals surface area contributed by atoms with E-state index in [0.717, 1.165) is 19.4 Å². The van der Waals surface area contributed by atoms with E-state index in [0.29, 0.717) is 12.5 Å². The minimum atomic E-state index is 0.272. The summed E-state index contributed by atoms with van der Waals surface area (Å²) >= 11 is 0. The lowest BCUT2D eigenvalue weighted by atomic mass is 9.94. The van der Waals surface area contributed by atoms with E-state index in [9.17, 15) is 4.79 Å². The number of likely N-dealkylation sites (tertiary alicyclic amines) is 1. The van der Waals surface area contributed by atoms with Crippen LogP contribution in [0.3, 0.4) is 0 Å². The predicted molar refractivity (Wildman–Crippen MR) is 80.3 cm³/mol. The first-order chi connectivity index (χ1) is 9.84.